The van der Waals surface area contributed by atoms with Gasteiger partial charge in [0.2, 0.25) is 0 Å². The second-order valence-electron chi connectivity index (χ2n) is 7.56. The van der Waals surface area contributed by atoms with Crippen molar-refractivity contribution in [2.45, 2.75) is 38.8 Å². The van der Waals surface area contributed by atoms with Crippen LogP contribution in [0.5, 0.6) is 0 Å². The zero-order valence-electron chi connectivity index (χ0n) is 16.4. The summed E-state index contributed by atoms with van der Waals surface area (Å²) in [6, 6.07) is 19.0. The van der Waals surface area contributed by atoms with Crippen LogP contribution in [0.2, 0.25) is 0 Å². The van der Waals surface area contributed by atoms with E-state index in [2.05, 4.69) is 36.2 Å². The Morgan fingerprint density at radius 1 is 1.07 bits per heavy atom. The monoisotopic (exact) mass is 361 g/mol. The molecule has 1 aliphatic rings. The van der Waals surface area contributed by atoms with E-state index < -0.39 is 0 Å². The molecule has 2 aromatic carbocycles. The molecule has 3 aromatic rings. The Morgan fingerprint density at radius 2 is 1.78 bits per heavy atom. The molecule has 0 amide bonds. The molecule has 140 valence electrons. The van der Waals surface area contributed by atoms with Crippen molar-refractivity contribution in [3.63, 3.8) is 0 Å². The average molecular weight is 361 g/mol. The highest BCUT2D eigenvalue weighted by atomic mass is 16.1. The van der Waals surface area contributed by atoms with Gasteiger partial charge in [-0.1, -0.05) is 42.5 Å². The summed E-state index contributed by atoms with van der Waals surface area (Å²) in [5.41, 5.74) is 5.77. The zero-order valence-corrected chi connectivity index (χ0v) is 16.4. The van der Waals surface area contributed by atoms with Gasteiger partial charge in [0.15, 0.2) is 0 Å². The first-order valence-corrected chi connectivity index (χ1v) is 9.69. The summed E-state index contributed by atoms with van der Waals surface area (Å²) in [5, 5.41) is 0. The van der Waals surface area contributed by atoms with Crippen LogP contribution in [0.25, 0.3) is 5.69 Å². The summed E-state index contributed by atoms with van der Waals surface area (Å²) in [4.78, 5) is 15.5. The Hall–Kier alpha value is -2.59. The third-order valence-electron chi connectivity index (χ3n) is 5.95. The quantitative estimate of drug-likeness (QED) is 0.703. The van der Waals surface area contributed by atoms with Gasteiger partial charge in [0.25, 0.3) is 5.56 Å². The van der Waals surface area contributed by atoms with Crippen LogP contribution in [0.15, 0.2) is 59.4 Å². The zero-order chi connectivity index (χ0) is 19.0. The number of aromatic nitrogens is 2. The summed E-state index contributed by atoms with van der Waals surface area (Å²) in [6.07, 6.45) is 3.51. The molecule has 1 heterocycles. The highest BCUT2D eigenvalue weighted by Crippen LogP contribution is 2.34. The van der Waals surface area contributed by atoms with Gasteiger partial charge in [-0.15, -0.1) is 0 Å². The van der Waals surface area contributed by atoms with E-state index >= 15 is 0 Å². The van der Waals surface area contributed by atoms with Gasteiger partial charge in [-0.3, -0.25) is 14.4 Å². The van der Waals surface area contributed by atoms with Crippen molar-refractivity contribution in [2.24, 2.45) is 7.05 Å². The standard InChI is InChI=1S/C23H27N3O/c1-17-21(23(27)26(25(17)3)19-12-5-4-6-13-19)16-24(2)22-15-9-11-18-10-7-8-14-20(18)22/h4-8,10,12-14,22H,9,11,15-16H2,1-3H3/t22-/m1/s1. The Balaban J connectivity index is 1.67. The van der Waals surface area contributed by atoms with Gasteiger partial charge in [0.05, 0.1) is 11.3 Å². The van der Waals surface area contributed by atoms with Crippen LogP contribution in [0, 0.1) is 6.92 Å². The molecule has 0 fully saturated rings. The number of aryl methyl sites for hydroxylation is 1. The van der Waals surface area contributed by atoms with Crippen molar-refractivity contribution < 1.29 is 0 Å². The average Bonchev–Trinajstić information content (AvgIpc) is 2.91. The topological polar surface area (TPSA) is 30.2 Å². The molecular weight excluding hydrogens is 334 g/mol. The number of para-hydroxylation sites is 1. The summed E-state index contributed by atoms with van der Waals surface area (Å²) in [6.45, 7) is 2.70. The normalized spacial score (nSPS) is 16.5. The first-order chi connectivity index (χ1) is 13.1. The number of rotatable bonds is 4. The van der Waals surface area contributed by atoms with Crippen LogP contribution in [-0.4, -0.2) is 21.3 Å². The van der Waals surface area contributed by atoms with E-state index in [0.717, 1.165) is 29.8 Å². The second kappa shape index (κ2) is 7.20. The fourth-order valence-corrected chi connectivity index (χ4v) is 4.35. The summed E-state index contributed by atoms with van der Waals surface area (Å²) in [7, 11) is 4.11. The predicted octanol–water partition coefficient (Wildman–Crippen LogP) is 3.99. The molecule has 4 nitrogen and oxygen atoms in total. The van der Waals surface area contributed by atoms with Crippen LogP contribution >= 0.6 is 0 Å². The maximum atomic E-state index is 13.2. The van der Waals surface area contributed by atoms with Gasteiger partial charge in [-0.05, 0) is 56.5 Å². The maximum Gasteiger partial charge on any atom is 0.276 e. The lowest BCUT2D eigenvalue weighted by atomic mass is 9.87. The first-order valence-electron chi connectivity index (χ1n) is 9.69. The predicted molar refractivity (Wildman–Crippen MR) is 109 cm³/mol. The van der Waals surface area contributed by atoms with E-state index in [0.29, 0.717) is 12.6 Å². The minimum atomic E-state index is 0.0807. The van der Waals surface area contributed by atoms with Crippen molar-refractivity contribution in [3.8, 4) is 5.69 Å². The molecule has 1 aromatic heterocycles. The SMILES string of the molecule is Cc1c(CN(C)[C@@H]2CCCc3ccccc32)c(=O)n(-c2ccccc2)n1C. The fraction of sp³-hybridized carbons (Fsp3) is 0.348. The van der Waals surface area contributed by atoms with Crippen LogP contribution in [-0.2, 0) is 20.0 Å². The van der Waals surface area contributed by atoms with Crippen LogP contribution in [0.1, 0.15) is 41.3 Å². The molecule has 0 spiro atoms. The van der Waals surface area contributed by atoms with Gasteiger partial charge in [0, 0.05) is 25.3 Å². The maximum absolute atomic E-state index is 13.2. The van der Waals surface area contributed by atoms with Crippen molar-refractivity contribution in [1.29, 1.82) is 0 Å². The Bertz CT molecular complexity index is 1000. The molecule has 0 radical (unpaired) electrons. The highest BCUT2D eigenvalue weighted by Gasteiger charge is 2.25. The molecule has 0 saturated carbocycles. The smallest absolute Gasteiger partial charge is 0.276 e. The summed E-state index contributed by atoms with van der Waals surface area (Å²) in [5.74, 6) is 0. The number of nitrogens with zero attached hydrogens (tertiary/aromatic N) is 3. The van der Waals surface area contributed by atoms with E-state index in [1.807, 2.05) is 49.0 Å². The van der Waals surface area contributed by atoms with E-state index in [-0.39, 0.29) is 5.56 Å². The molecule has 1 atom stereocenters. The van der Waals surface area contributed by atoms with Crippen LogP contribution in [0.4, 0.5) is 0 Å². The fourth-order valence-electron chi connectivity index (χ4n) is 4.35. The van der Waals surface area contributed by atoms with Crippen LogP contribution < -0.4 is 5.56 Å². The second-order valence-corrected chi connectivity index (χ2v) is 7.56. The minimum absolute atomic E-state index is 0.0807. The molecule has 0 aliphatic heterocycles. The van der Waals surface area contributed by atoms with E-state index in [4.69, 9.17) is 0 Å². The van der Waals surface area contributed by atoms with Crippen molar-refractivity contribution in [2.75, 3.05) is 7.05 Å². The molecular formula is C23H27N3O. The van der Waals surface area contributed by atoms with E-state index in [1.165, 1.54) is 17.5 Å². The number of fused-ring (bicyclic) bond motifs is 1. The number of hydrogen-bond donors (Lipinski definition) is 0. The van der Waals surface area contributed by atoms with Gasteiger partial charge in [0.1, 0.15) is 0 Å². The van der Waals surface area contributed by atoms with Gasteiger partial charge in [-0.2, -0.15) is 0 Å². The summed E-state index contributed by atoms with van der Waals surface area (Å²) >= 11 is 0. The molecule has 0 bridgehead atoms. The van der Waals surface area contributed by atoms with Crippen molar-refractivity contribution >= 4 is 0 Å². The minimum Gasteiger partial charge on any atom is -0.295 e. The molecule has 4 heteroatoms. The Morgan fingerprint density at radius 3 is 2.56 bits per heavy atom. The molecule has 27 heavy (non-hydrogen) atoms. The Labute approximate surface area is 160 Å². The van der Waals surface area contributed by atoms with Gasteiger partial charge in [-0.25, -0.2) is 4.68 Å². The van der Waals surface area contributed by atoms with Gasteiger partial charge >= 0.3 is 0 Å². The van der Waals surface area contributed by atoms with E-state index in [9.17, 15) is 4.79 Å². The van der Waals surface area contributed by atoms with Crippen LogP contribution in [0.3, 0.4) is 0 Å². The van der Waals surface area contributed by atoms with Crippen molar-refractivity contribution in [1.82, 2.24) is 14.3 Å². The molecule has 0 saturated heterocycles. The van der Waals surface area contributed by atoms with Gasteiger partial charge < -0.3 is 0 Å². The van der Waals surface area contributed by atoms with E-state index in [1.54, 1.807) is 4.68 Å². The first kappa shape index (κ1) is 17.8. The number of benzene rings is 2. The molecule has 4 rings (SSSR count). The largest absolute Gasteiger partial charge is 0.295 e. The lowest BCUT2D eigenvalue weighted by Crippen LogP contribution is -2.30. The molecule has 0 unspecified atom stereocenters. The number of hydrogen-bond acceptors (Lipinski definition) is 2. The molecule has 0 N–H and O–H groups in total. The third kappa shape index (κ3) is 3.15. The lowest BCUT2D eigenvalue weighted by Gasteiger charge is -2.33. The Kier molecular flexibility index (Phi) is 4.75. The summed E-state index contributed by atoms with van der Waals surface area (Å²) < 4.78 is 3.74. The van der Waals surface area contributed by atoms with Crippen molar-refractivity contribution in [3.05, 3.63) is 87.3 Å². The lowest BCUT2D eigenvalue weighted by molar-refractivity contribution is 0.212. The third-order valence-corrected chi connectivity index (χ3v) is 5.95. The molecule has 1 aliphatic carbocycles. The highest BCUT2D eigenvalue weighted by molar-refractivity contribution is 5.34.